The summed E-state index contributed by atoms with van der Waals surface area (Å²) in [6.45, 7) is 5.42. The van der Waals surface area contributed by atoms with Crippen molar-refractivity contribution < 1.29 is 4.74 Å². The summed E-state index contributed by atoms with van der Waals surface area (Å²) in [4.78, 5) is 4.27. The van der Waals surface area contributed by atoms with Gasteiger partial charge in [0.1, 0.15) is 0 Å². The topological polar surface area (TPSA) is 60.2 Å². The van der Waals surface area contributed by atoms with Crippen LogP contribution < -0.4 is 11.3 Å². The highest BCUT2D eigenvalue weighted by atomic mass is 16.5. The summed E-state index contributed by atoms with van der Waals surface area (Å²) >= 11 is 0. The van der Waals surface area contributed by atoms with Crippen molar-refractivity contribution in [1.29, 1.82) is 0 Å². The molecule has 1 atom stereocenters. The van der Waals surface area contributed by atoms with E-state index >= 15 is 0 Å². The van der Waals surface area contributed by atoms with Gasteiger partial charge in [-0.05, 0) is 31.0 Å². The van der Waals surface area contributed by atoms with Gasteiger partial charge in [-0.1, -0.05) is 6.92 Å². The van der Waals surface area contributed by atoms with Crippen molar-refractivity contribution in [2.75, 3.05) is 13.2 Å². The Hall–Kier alpha value is -0.970. The molecular weight excluding hydrogens is 190 g/mol. The molecule has 15 heavy (non-hydrogen) atoms. The van der Waals surface area contributed by atoms with Crippen LogP contribution in [0, 0.1) is 6.92 Å². The largest absolute Gasteiger partial charge is 0.379 e. The van der Waals surface area contributed by atoms with Crippen LogP contribution in [-0.2, 0) is 4.74 Å². The summed E-state index contributed by atoms with van der Waals surface area (Å²) in [6.07, 6.45) is 2.80. The van der Waals surface area contributed by atoms with Gasteiger partial charge in [-0.3, -0.25) is 10.8 Å². The third-order valence-electron chi connectivity index (χ3n) is 2.13. The Morgan fingerprint density at radius 1 is 1.60 bits per heavy atom. The summed E-state index contributed by atoms with van der Waals surface area (Å²) in [5.74, 6) is 5.47. The van der Waals surface area contributed by atoms with Gasteiger partial charge in [0.2, 0.25) is 0 Å². The number of nitrogens with one attached hydrogen (secondary N) is 1. The highest BCUT2D eigenvalue weighted by molar-refractivity contribution is 5.17. The molecule has 0 aliphatic heterocycles. The number of aryl methyl sites for hydroxylation is 1. The first-order chi connectivity index (χ1) is 7.27. The predicted octanol–water partition coefficient (Wildman–Crippen LogP) is 1.32. The fraction of sp³-hybridized carbons (Fsp3) is 0.545. The fourth-order valence-electron chi connectivity index (χ4n) is 1.31. The summed E-state index contributed by atoms with van der Waals surface area (Å²) in [5, 5.41) is 0. The van der Waals surface area contributed by atoms with E-state index in [-0.39, 0.29) is 6.04 Å². The van der Waals surface area contributed by atoms with Crippen LogP contribution in [0.1, 0.15) is 30.6 Å². The van der Waals surface area contributed by atoms with Crippen molar-refractivity contribution in [3.8, 4) is 0 Å². The summed E-state index contributed by atoms with van der Waals surface area (Å²) < 4.78 is 5.45. The van der Waals surface area contributed by atoms with Crippen molar-refractivity contribution in [3.05, 3.63) is 29.6 Å². The van der Waals surface area contributed by atoms with Crippen LogP contribution >= 0.6 is 0 Å². The second-order valence-electron chi connectivity index (χ2n) is 3.55. The molecule has 3 N–H and O–H groups in total. The lowest BCUT2D eigenvalue weighted by Crippen LogP contribution is -2.32. The standard InChI is InChI=1S/C11H19N3O/c1-3-6-15-8-11(14-12)10-7-9(2)4-5-13-10/h4-5,7,11,14H,3,6,8,12H2,1-2H3. The van der Waals surface area contributed by atoms with Gasteiger partial charge in [-0.15, -0.1) is 0 Å². The van der Waals surface area contributed by atoms with E-state index in [0.717, 1.165) is 18.7 Å². The molecule has 0 aliphatic rings. The van der Waals surface area contributed by atoms with Gasteiger partial charge < -0.3 is 4.74 Å². The lowest BCUT2D eigenvalue weighted by molar-refractivity contribution is 0.111. The van der Waals surface area contributed by atoms with E-state index < -0.39 is 0 Å². The number of aromatic nitrogens is 1. The van der Waals surface area contributed by atoms with E-state index in [1.807, 2.05) is 19.1 Å². The maximum atomic E-state index is 5.47. The molecule has 1 rings (SSSR count). The summed E-state index contributed by atoms with van der Waals surface area (Å²) in [7, 11) is 0. The third kappa shape index (κ3) is 3.95. The minimum absolute atomic E-state index is 0.0311. The first-order valence-corrected chi connectivity index (χ1v) is 5.24. The minimum Gasteiger partial charge on any atom is -0.379 e. The Kier molecular flexibility index (Phi) is 5.25. The van der Waals surface area contributed by atoms with Gasteiger partial charge in [0.05, 0.1) is 18.3 Å². The molecule has 0 fully saturated rings. The number of nitrogens with zero attached hydrogens (tertiary/aromatic N) is 1. The maximum absolute atomic E-state index is 5.47. The van der Waals surface area contributed by atoms with Gasteiger partial charge in [-0.25, -0.2) is 5.43 Å². The van der Waals surface area contributed by atoms with Crippen LogP contribution in [0.4, 0.5) is 0 Å². The molecule has 1 aromatic heterocycles. The molecular formula is C11H19N3O. The molecule has 0 aromatic carbocycles. The number of pyridine rings is 1. The molecule has 0 spiro atoms. The molecule has 4 heteroatoms. The van der Waals surface area contributed by atoms with Crippen LogP contribution in [0.2, 0.25) is 0 Å². The Bertz CT molecular complexity index is 291. The van der Waals surface area contributed by atoms with Gasteiger partial charge >= 0.3 is 0 Å². The maximum Gasteiger partial charge on any atom is 0.0865 e. The van der Waals surface area contributed by atoms with Gasteiger partial charge in [0.15, 0.2) is 0 Å². The minimum atomic E-state index is -0.0311. The number of nitrogens with two attached hydrogens (primary N) is 1. The molecule has 0 bridgehead atoms. The second-order valence-corrected chi connectivity index (χ2v) is 3.55. The van der Waals surface area contributed by atoms with E-state index in [4.69, 9.17) is 10.6 Å². The lowest BCUT2D eigenvalue weighted by Gasteiger charge is -2.15. The Morgan fingerprint density at radius 3 is 3.00 bits per heavy atom. The first kappa shape index (κ1) is 12.1. The second kappa shape index (κ2) is 6.50. The number of ether oxygens (including phenoxy) is 1. The highest BCUT2D eigenvalue weighted by Gasteiger charge is 2.10. The van der Waals surface area contributed by atoms with E-state index in [1.165, 1.54) is 5.56 Å². The Labute approximate surface area is 90.8 Å². The van der Waals surface area contributed by atoms with Crippen LogP contribution in [0.25, 0.3) is 0 Å². The smallest absolute Gasteiger partial charge is 0.0865 e. The molecule has 0 aliphatic carbocycles. The molecule has 0 radical (unpaired) electrons. The first-order valence-electron chi connectivity index (χ1n) is 5.24. The van der Waals surface area contributed by atoms with Crippen molar-refractivity contribution in [1.82, 2.24) is 10.4 Å². The van der Waals surface area contributed by atoms with Gasteiger partial charge in [0, 0.05) is 12.8 Å². The number of hydrazine groups is 1. The van der Waals surface area contributed by atoms with E-state index in [1.54, 1.807) is 6.20 Å². The van der Waals surface area contributed by atoms with Crippen molar-refractivity contribution in [2.45, 2.75) is 26.3 Å². The van der Waals surface area contributed by atoms with Gasteiger partial charge in [0.25, 0.3) is 0 Å². The predicted molar refractivity (Wildman–Crippen MR) is 60.1 cm³/mol. The van der Waals surface area contributed by atoms with E-state index in [0.29, 0.717) is 6.61 Å². The zero-order chi connectivity index (χ0) is 11.1. The van der Waals surface area contributed by atoms with Crippen molar-refractivity contribution in [2.24, 2.45) is 5.84 Å². The van der Waals surface area contributed by atoms with Crippen LogP contribution in [0.3, 0.4) is 0 Å². The third-order valence-corrected chi connectivity index (χ3v) is 2.13. The molecule has 1 heterocycles. The summed E-state index contributed by atoms with van der Waals surface area (Å²) in [6, 6.07) is 3.94. The Balaban J connectivity index is 2.57. The summed E-state index contributed by atoms with van der Waals surface area (Å²) in [5.41, 5.74) is 4.82. The molecule has 0 amide bonds. The van der Waals surface area contributed by atoms with Crippen LogP contribution in [-0.4, -0.2) is 18.2 Å². The molecule has 1 unspecified atom stereocenters. The zero-order valence-corrected chi connectivity index (χ0v) is 9.36. The average molecular weight is 209 g/mol. The normalized spacial score (nSPS) is 12.7. The monoisotopic (exact) mass is 209 g/mol. The molecule has 4 nitrogen and oxygen atoms in total. The number of rotatable bonds is 6. The average Bonchev–Trinajstić information content (AvgIpc) is 2.24. The fourth-order valence-corrected chi connectivity index (χ4v) is 1.31. The number of hydrogen-bond donors (Lipinski definition) is 2. The Morgan fingerprint density at radius 2 is 2.40 bits per heavy atom. The van der Waals surface area contributed by atoms with Crippen molar-refractivity contribution >= 4 is 0 Å². The van der Waals surface area contributed by atoms with E-state index in [2.05, 4.69) is 17.3 Å². The van der Waals surface area contributed by atoms with Gasteiger partial charge in [-0.2, -0.15) is 0 Å². The van der Waals surface area contributed by atoms with Crippen LogP contribution in [0.5, 0.6) is 0 Å². The van der Waals surface area contributed by atoms with Crippen molar-refractivity contribution in [3.63, 3.8) is 0 Å². The lowest BCUT2D eigenvalue weighted by atomic mass is 10.1. The molecule has 0 saturated carbocycles. The highest BCUT2D eigenvalue weighted by Crippen LogP contribution is 2.10. The van der Waals surface area contributed by atoms with E-state index in [9.17, 15) is 0 Å². The SMILES string of the molecule is CCCOCC(NN)c1cc(C)ccn1. The molecule has 1 aromatic rings. The zero-order valence-electron chi connectivity index (χ0n) is 9.36. The quantitative estimate of drug-likeness (QED) is 0.421. The molecule has 84 valence electrons. The van der Waals surface area contributed by atoms with Crippen LogP contribution in [0.15, 0.2) is 18.3 Å². The molecule has 0 saturated heterocycles. The number of hydrogen-bond acceptors (Lipinski definition) is 4.